The van der Waals surface area contributed by atoms with E-state index < -0.39 is 41.9 Å². The summed E-state index contributed by atoms with van der Waals surface area (Å²) in [7, 11) is 0. The fourth-order valence-electron chi connectivity index (χ4n) is 3.80. The fourth-order valence-corrected chi connectivity index (χ4v) is 4.47. The van der Waals surface area contributed by atoms with Crippen LogP contribution in [0.2, 0.25) is 0 Å². The zero-order valence-corrected chi connectivity index (χ0v) is 19.5. The summed E-state index contributed by atoms with van der Waals surface area (Å²) in [6.07, 6.45) is 1.94. The van der Waals surface area contributed by atoms with Gasteiger partial charge in [-0.15, -0.1) is 11.8 Å². The fraction of sp³-hybridized carbons (Fsp3) is 0.400. The van der Waals surface area contributed by atoms with Crippen LogP contribution in [0, 0.1) is 6.92 Å². The minimum atomic E-state index is -1.28. The first-order valence-electron chi connectivity index (χ1n) is 10.8. The van der Waals surface area contributed by atoms with Crippen molar-refractivity contribution in [1.29, 1.82) is 0 Å². The van der Waals surface area contributed by atoms with Crippen LogP contribution in [0.4, 0.5) is 0 Å². The first-order chi connectivity index (χ1) is 15.7. The van der Waals surface area contributed by atoms with E-state index in [1.807, 2.05) is 55.5 Å². The van der Waals surface area contributed by atoms with E-state index in [1.54, 1.807) is 12.3 Å². The van der Waals surface area contributed by atoms with Crippen molar-refractivity contribution in [2.24, 2.45) is 5.73 Å². The Morgan fingerprint density at radius 1 is 1.12 bits per heavy atom. The van der Waals surface area contributed by atoms with Crippen molar-refractivity contribution in [2.75, 3.05) is 6.26 Å². The molecule has 1 fully saturated rings. The van der Waals surface area contributed by atoms with E-state index in [0.717, 1.165) is 27.8 Å². The van der Waals surface area contributed by atoms with Gasteiger partial charge in [-0.25, -0.2) is 0 Å². The van der Waals surface area contributed by atoms with Gasteiger partial charge in [-0.2, -0.15) is 0 Å². The molecule has 1 aliphatic heterocycles. The molecule has 0 aliphatic carbocycles. The van der Waals surface area contributed by atoms with Crippen molar-refractivity contribution in [1.82, 2.24) is 0 Å². The quantitative estimate of drug-likeness (QED) is 0.394. The number of aliphatic carboxylic acids is 1. The number of ether oxygens (including phenoxy) is 1. The lowest BCUT2D eigenvalue weighted by Gasteiger charge is -2.40. The average Bonchev–Trinajstić information content (AvgIpc) is 2.80. The SMILES string of the molecule is CS[C@H]1O[C@@H](c2ccc(C)c(Cc3ccc(/C=C/C[C@H](N)C(=O)O)cc3)c2)[C@H](O)[C@@H](O)[C@@H]1O. The topological polar surface area (TPSA) is 133 Å². The smallest absolute Gasteiger partial charge is 0.320 e. The molecule has 3 rings (SSSR count). The number of carboxylic acids is 1. The van der Waals surface area contributed by atoms with Crippen LogP contribution in [0.25, 0.3) is 6.08 Å². The molecule has 178 valence electrons. The molecule has 8 heteroatoms. The van der Waals surface area contributed by atoms with Crippen LogP contribution < -0.4 is 5.73 Å². The van der Waals surface area contributed by atoms with Gasteiger partial charge in [0.25, 0.3) is 0 Å². The average molecular weight is 474 g/mol. The molecule has 2 aromatic carbocycles. The van der Waals surface area contributed by atoms with E-state index in [0.29, 0.717) is 6.42 Å². The molecule has 0 radical (unpaired) electrons. The van der Waals surface area contributed by atoms with Gasteiger partial charge in [-0.05, 0) is 53.8 Å². The van der Waals surface area contributed by atoms with Gasteiger partial charge in [0.1, 0.15) is 35.9 Å². The molecular weight excluding hydrogens is 442 g/mol. The second kappa shape index (κ2) is 11.3. The summed E-state index contributed by atoms with van der Waals surface area (Å²) in [6, 6.07) is 12.9. The van der Waals surface area contributed by atoms with E-state index >= 15 is 0 Å². The van der Waals surface area contributed by atoms with Crippen molar-refractivity contribution in [2.45, 2.75) is 55.7 Å². The van der Waals surface area contributed by atoms with Gasteiger partial charge >= 0.3 is 5.97 Å². The third kappa shape index (κ3) is 6.23. The number of benzene rings is 2. The van der Waals surface area contributed by atoms with Gasteiger partial charge < -0.3 is 30.9 Å². The number of aryl methyl sites for hydroxylation is 1. The molecule has 0 unspecified atom stereocenters. The van der Waals surface area contributed by atoms with Crippen LogP contribution in [-0.4, -0.2) is 62.4 Å². The monoisotopic (exact) mass is 473 g/mol. The van der Waals surface area contributed by atoms with E-state index in [2.05, 4.69) is 0 Å². The molecule has 2 aromatic rings. The molecule has 1 aliphatic rings. The van der Waals surface area contributed by atoms with Gasteiger partial charge in [0.05, 0.1) is 0 Å². The Hall–Kier alpha value is -2.20. The number of aliphatic hydroxyl groups excluding tert-OH is 3. The van der Waals surface area contributed by atoms with Crippen molar-refractivity contribution >= 4 is 23.8 Å². The Morgan fingerprint density at radius 3 is 2.45 bits per heavy atom. The maximum atomic E-state index is 10.8. The Kier molecular flexibility index (Phi) is 8.69. The molecular formula is C25H31NO6S. The van der Waals surface area contributed by atoms with Crippen molar-refractivity contribution in [3.8, 4) is 0 Å². The first kappa shape index (κ1) is 25.4. The summed E-state index contributed by atoms with van der Waals surface area (Å²) in [5, 5.41) is 39.7. The minimum Gasteiger partial charge on any atom is -0.480 e. The zero-order valence-electron chi connectivity index (χ0n) is 18.7. The van der Waals surface area contributed by atoms with E-state index in [4.69, 9.17) is 15.6 Å². The molecule has 0 aromatic heterocycles. The first-order valence-corrected chi connectivity index (χ1v) is 12.1. The summed E-state index contributed by atoms with van der Waals surface area (Å²) in [4.78, 5) is 10.8. The Bertz CT molecular complexity index is 977. The zero-order chi connectivity index (χ0) is 24.1. The number of nitrogens with two attached hydrogens (primary N) is 1. The summed E-state index contributed by atoms with van der Waals surface area (Å²) >= 11 is 1.29. The second-order valence-electron chi connectivity index (χ2n) is 8.32. The molecule has 7 nitrogen and oxygen atoms in total. The molecule has 6 N–H and O–H groups in total. The molecule has 33 heavy (non-hydrogen) atoms. The van der Waals surface area contributed by atoms with Gasteiger partial charge in [-0.3, -0.25) is 4.79 Å². The third-order valence-corrected chi connectivity index (χ3v) is 6.75. The lowest BCUT2D eigenvalue weighted by atomic mass is 9.91. The van der Waals surface area contributed by atoms with E-state index in [1.165, 1.54) is 11.8 Å². The van der Waals surface area contributed by atoms with Crippen molar-refractivity contribution in [3.05, 3.63) is 76.4 Å². The summed E-state index contributed by atoms with van der Waals surface area (Å²) in [5.41, 5.74) is 9.85. The lowest BCUT2D eigenvalue weighted by molar-refractivity contribution is -0.200. The predicted molar refractivity (Wildman–Crippen MR) is 129 cm³/mol. The number of carboxylic acid groups (broad SMARTS) is 1. The summed E-state index contributed by atoms with van der Waals surface area (Å²) in [6.45, 7) is 2.02. The molecule has 0 saturated carbocycles. The third-order valence-electron chi connectivity index (χ3n) is 5.90. The van der Waals surface area contributed by atoms with Gasteiger partial charge in [0, 0.05) is 0 Å². The number of carbonyl (C=O) groups is 1. The second-order valence-corrected chi connectivity index (χ2v) is 9.26. The van der Waals surface area contributed by atoms with Crippen LogP contribution in [0.3, 0.4) is 0 Å². The molecule has 0 spiro atoms. The van der Waals surface area contributed by atoms with Crippen LogP contribution in [-0.2, 0) is 16.0 Å². The minimum absolute atomic E-state index is 0.265. The van der Waals surface area contributed by atoms with E-state index in [9.17, 15) is 20.1 Å². The maximum Gasteiger partial charge on any atom is 0.320 e. The Morgan fingerprint density at radius 2 is 1.82 bits per heavy atom. The number of hydrogen-bond acceptors (Lipinski definition) is 7. The standard InChI is InChI=1S/C25H31NO6S/c1-14-6-11-17(23-21(28)20(27)22(29)25(32-23)33-2)13-18(14)12-16-9-7-15(8-10-16)4-3-5-19(26)24(30)31/h3-4,6-11,13,19-23,25,27-29H,5,12,26H2,1-2H3,(H,30,31)/b4-3+/t19-,20+,21+,22-,23-,25+/m0/s1. The van der Waals surface area contributed by atoms with Crippen LogP contribution in [0.15, 0.2) is 48.5 Å². The van der Waals surface area contributed by atoms with Gasteiger partial charge in [0.2, 0.25) is 0 Å². The van der Waals surface area contributed by atoms with Crippen LogP contribution in [0.1, 0.15) is 40.3 Å². The highest BCUT2D eigenvalue weighted by Gasteiger charge is 2.44. The van der Waals surface area contributed by atoms with Crippen molar-refractivity contribution in [3.63, 3.8) is 0 Å². The largest absolute Gasteiger partial charge is 0.480 e. The number of rotatable bonds is 8. The van der Waals surface area contributed by atoms with Gasteiger partial charge in [-0.1, -0.05) is 54.6 Å². The lowest BCUT2D eigenvalue weighted by Crippen LogP contribution is -2.52. The number of aliphatic hydroxyl groups is 3. The molecule has 0 amide bonds. The predicted octanol–water partition coefficient (Wildman–Crippen LogP) is 2.24. The molecule has 6 atom stereocenters. The molecule has 1 saturated heterocycles. The molecule has 1 heterocycles. The highest BCUT2D eigenvalue weighted by atomic mass is 32.2. The van der Waals surface area contributed by atoms with Crippen molar-refractivity contribution < 1.29 is 30.0 Å². The highest BCUT2D eigenvalue weighted by molar-refractivity contribution is 7.99. The normalized spacial score (nSPS) is 26.4. The highest BCUT2D eigenvalue weighted by Crippen LogP contribution is 2.36. The van der Waals surface area contributed by atoms with Crippen LogP contribution >= 0.6 is 11.8 Å². The summed E-state index contributed by atoms with van der Waals surface area (Å²) in [5.74, 6) is -1.02. The Labute approximate surface area is 197 Å². The maximum absolute atomic E-state index is 10.8. The van der Waals surface area contributed by atoms with Gasteiger partial charge in [0.15, 0.2) is 0 Å². The number of thioether (sulfide) groups is 1. The van der Waals surface area contributed by atoms with Crippen LogP contribution in [0.5, 0.6) is 0 Å². The Balaban J connectivity index is 1.72. The molecule has 0 bridgehead atoms. The van der Waals surface area contributed by atoms with E-state index in [-0.39, 0.29) is 6.42 Å². The summed E-state index contributed by atoms with van der Waals surface area (Å²) < 4.78 is 5.90. The number of hydrogen-bond donors (Lipinski definition) is 5.